The molecule has 3 heterocycles. The van der Waals surface area contributed by atoms with E-state index in [4.69, 9.17) is 18.9 Å². The molecule has 1 saturated heterocycles. The highest BCUT2D eigenvalue weighted by Gasteiger charge is 2.63. The predicted octanol–water partition coefficient (Wildman–Crippen LogP) is 5.34. The maximum Gasteiger partial charge on any atom is 0.438 e. The van der Waals surface area contributed by atoms with E-state index in [1.54, 1.807) is 19.1 Å². The Balaban J connectivity index is 1.42. The summed E-state index contributed by atoms with van der Waals surface area (Å²) in [7, 11) is -2.91. The van der Waals surface area contributed by atoms with Crippen LogP contribution in [0.15, 0.2) is 30.4 Å². The van der Waals surface area contributed by atoms with Crippen LogP contribution >= 0.6 is 0 Å². The molecule has 1 aromatic heterocycles. The van der Waals surface area contributed by atoms with E-state index in [1.807, 2.05) is 6.92 Å². The number of hydrogen-bond donors (Lipinski definition) is 3. The van der Waals surface area contributed by atoms with Crippen molar-refractivity contribution < 1.29 is 72.9 Å². The van der Waals surface area contributed by atoms with Gasteiger partial charge in [0.05, 0.1) is 35.5 Å². The van der Waals surface area contributed by atoms with Gasteiger partial charge in [0, 0.05) is 31.4 Å². The van der Waals surface area contributed by atoms with Gasteiger partial charge in [-0.05, 0) is 84.3 Å². The van der Waals surface area contributed by atoms with Crippen LogP contribution in [0.1, 0.15) is 85.3 Å². The van der Waals surface area contributed by atoms with Crippen LogP contribution in [0.2, 0.25) is 0 Å². The number of methoxy groups -OCH3 is 1. The lowest BCUT2D eigenvalue weighted by Crippen LogP contribution is -2.60. The maximum absolute atomic E-state index is 15.0. The Morgan fingerprint density at radius 1 is 1.05 bits per heavy atom. The molecule has 4 amide bonds. The molecule has 3 N–H and O–H groups in total. The van der Waals surface area contributed by atoms with Crippen molar-refractivity contribution in [1.82, 2.24) is 30.2 Å². The van der Waals surface area contributed by atoms with Crippen LogP contribution in [0.25, 0.3) is 11.0 Å². The van der Waals surface area contributed by atoms with Gasteiger partial charge < -0.3 is 34.5 Å². The summed E-state index contributed by atoms with van der Waals surface area (Å²) in [6.45, 7) is 5.55. The van der Waals surface area contributed by atoms with Crippen LogP contribution in [-0.2, 0) is 40.1 Å². The van der Waals surface area contributed by atoms with Crippen LogP contribution in [0, 0.1) is 17.8 Å². The molecule has 16 nitrogen and oxygen atoms in total. The minimum absolute atomic E-state index is 0.0459. The van der Waals surface area contributed by atoms with Crippen LogP contribution < -0.4 is 24.8 Å². The number of halogens is 6. The summed E-state index contributed by atoms with van der Waals surface area (Å²) in [4.78, 5) is 65.6. The standard InChI is InChI=1S/C41H52F6N6O10S/c1-7-61-25-12-13-27-28(17-25)49-33(31(48-27)40(42,43)44)62-26-18-29-32(54)51-39(35(56)52-64(58,59)38(5)14-15-38)19-24(39)11-9-8-10-22(2)16-23(21-60-6)30(34(55)53(29)20-26)50-36(57)63-37(3,4)41(45,46)47/h9,11-13,17,22-24,26,29-30H,7-8,10,14-16,18-21H2,1-6H3,(H,50,57)(H,51,54)(H,52,56)/t22-,23+,24-,26-,29+,30+,39-/m1/s1. The quantitative estimate of drug-likeness (QED) is 0.193. The molecule has 354 valence electrons. The van der Waals surface area contributed by atoms with Crippen molar-refractivity contribution in [3.05, 3.63) is 36.0 Å². The zero-order chi connectivity index (χ0) is 47.2. The van der Waals surface area contributed by atoms with E-state index in [0.717, 1.165) is 4.90 Å². The largest absolute Gasteiger partial charge is 0.494 e. The number of hydrogen-bond acceptors (Lipinski definition) is 12. The molecule has 0 bridgehead atoms. The number of amides is 4. The molecule has 0 unspecified atom stereocenters. The highest BCUT2D eigenvalue weighted by Crippen LogP contribution is 2.48. The molecular weight excluding hydrogens is 883 g/mol. The average Bonchev–Trinajstić information content (AvgIpc) is 4.07. The lowest BCUT2D eigenvalue weighted by atomic mass is 9.87. The summed E-state index contributed by atoms with van der Waals surface area (Å²) >= 11 is 0. The lowest BCUT2D eigenvalue weighted by molar-refractivity contribution is -0.244. The Labute approximate surface area is 365 Å². The molecule has 2 aromatic rings. The van der Waals surface area contributed by atoms with E-state index < -0.39 is 117 Å². The normalized spacial score (nSPS) is 27.6. The number of rotatable bonds is 11. The number of alkyl halides is 6. The second-order valence-corrected chi connectivity index (χ2v) is 19.9. The second kappa shape index (κ2) is 17.8. The van der Waals surface area contributed by atoms with Crippen molar-refractivity contribution in [2.24, 2.45) is 17.8 Å². The van der Waals surface area contributed by atoms with Gasteiger partial charge in [-0.3, -0.25) is 19.1 Å². The van der Waals surface area contributed by atoms with Gasteiger partial charge in [0.15, 0.2) is 0 Å². The third kappa shape index (κ3) is 10.3. The third-order valence-electron chi connectivity index (χ3n) is 12.2. The van der Waals surface area contributed by atoms with E-state index in [9.17, 15) is 53.9 Å². The van der Waals surface area contributed by atoms with Crippen LogP contribution in [0.5, 0.6) is 11.6 Å². The van der Waals surface area contributed by atoms with Crippen molar-refractivity contribution in [3.63, 3.8) is 0 Å². The highest BCUT2D eigenvalue weighted by atomic mass is 32.2. The number of carbonyl (C=O) groups is 4. The van der Waals surface area contributed by atoms with Crippen molar-refractivity contribution in [1.29, 1.82) is 0 Å². The van der Waals surface area contributed by atoms with Crippen LogP contribution in [0.3, 0.4) is 0 Å². The number of aromatic nitrogens is 2. The molecule has 4 aliphatic rings. The first kappa shape index (κ1) is 48.5. The number of nitrogens with zero attached hydrogens (tertiary/aromatic N) is 3. The number of nitrogens with one attached hydrogen (secondary N) is 3. The highest BCUT2D eigenvalue weighted by molar-refractivity contribution is 7.91. The molecule has 23 heteroatoms. The minimum atomic E-state index is -5.11. The Kier molecular flexibility index (Phi) is 13.5. The summed E-state index contributed by atoms with van der Waals surface area (Å²) in [5, 5.41) is 4.89. The number of allylic oxidation sites excluding steroid dienone is 1. The van der Waals surface area contributed by atoms with Gasteiger partial charge >= 0.3 is 18.4 Å². The van der Waals surface area contributed by atoms with Crippen molar-refractivity contribution in [2.45, 2.75) is 126 Å². The SMILES string of the molecule is CCOc1ccc2nc(C(F)(F)F)c(O[C@@H]3C[C@H]4C(=O)N[C@]5(C(=O)NS(=O)(=O)C6(C)CC6)C[C@H]5C=CCC[C@@H](C)C[C@@H](COC)[C@H](NC(=O)OC(C)(C)C(F)(F)F)C(=O)N4C3)nc2c1. The molecular formula is C41H52F6N6O10S. The smallest absolute Gasteiger partial charge is 0.438 e. The molecule has 6 rings (SSSR count). The zero-order valence-electron chi connectivity index (χ0n) is 36.0. The predicted molar refractivity (Wildman–Crippen MR) is 215 cm³/mol. The maximum atomic E-state index is 15.0. The topological polar surface area (TPSA) is 204 Å². The number of sulfonamides is 1. The van der Waals surface area contributed by atoms with Crippen LogP contribution in [-0.4, -0.2) is 114 Å². The number of alkyl carbamates (subject to hydrolysis) is 1. The number of fused-ring (bicyclic) bond motifs is 3. The molecule has 1 aromatic carbocycles. The van der Waals surface area contributed by atoms with Gasteiger partial charge in [0.2, 0.25) is 39.0 Å². The fraction of sp³-hybridized carbons (Fsp3) is 0.659. The Morgan fingerprint density at radius 2 is 1.75 bits per heavy atom. The second-order valence-electron chi connectivity index (χ2n) is 17.7. The molecule has 0 radical (unpaired) electrons. The molecule has 7 atom stereocenters. The summed E-state index contributed by atoms with van der Waals surface area (Å²) in [6.07, 6.45) is -8.76. The minimum Gasteiger partial charge on any atom is -0.494 e. The van der Waals surface area contributed by atoms with E-state index >= 15 is 0 Å². The lowest BCUT2D eigenvalue weighted by Gasteiger charge is -2.35. The van der Waals surface area contributed by atoms with Crippen molar-refractivity contribution in [3.8, 4) is 11.6 Å². The van der Waals surface area contributed by atoms with E-state index in [2.05, 4.69) is 25.3 Å². The fourth-order valence-electron chi connectivity index (χ4n) is 7.94. The van der Waals surface area contributed by atoms with Gasteiger partial charge in [-0.2, -0.15) is 26.3 Å². The number of ether oxygens (including phenoxy) is 4. The van der Waals surface area contributed by atoms with Gasteiger partial charge in [-0.25, -0.2) is 23.2 Å². The van der Waals surface area contributed by atoms with Gasteiger partial charge in [0.1, 0.15) is 29.5 Å². The molecule has 2 aliphatic heterocycles. The molecule has 3 fully saturated rings. The van der Waals surface area contributed by atoms with Crippen molar-refractivity contribution >= 4 is 44.9 Å². The molecule has 2 saturated carbocycles. The van der Waals surface area contributed by atoms with Gasteiger partial charge in [-0.1, -0.05) is 19.1 Å². The van der Waals surface area contributed by atoms with Gasteiger partial charge in [-0.15, -0.1) is 0 Å². The number of benzene rings is 1. The Hall–Kier alpha value is -4.93. The Bertz CT molecular complexity index is 2270. The van der Waals surface area contributed by atoms with Gasteiger partial charge in [0.25, 0.3) is 5.91 Å². The summed E-state index contributed by atoms with van der Waals surface area (Å²) in [6, 6.07) is 0.609. The Morgan fingerprint density at radius 3 is 2.38 bits per heavy atom. The molecule has 0 spiro atoms. The van der Waals surface area contributed by atoms with E-state index in [1.165, 1.54) is 32.2 Å². The first-order valence-corrected chi connectivity index (χ1v) is 22.3. The van der Waals surface area contributed by atoms with Crippen molar-refractivity contribution in [2.75, 3.05) is 26.9 Å². The summed E-state index contributed by atoms with van der Waals surface area (Å²) in [5.41, 5.74) is -6.58. The summed E-state index contributed by atoms with van der Waals surface area (Å²) in [5.74, 6) is -5.77. The first-order chi connectivity index (χ1) is 29.7. The monoisotopic (exact) mass is 934 g/mol. The first-order valence-electron chi connectivity index (χ1n) is 20.8. The third-order valence-corrected chi connectivity index (χ3v) is 14.4. The molecule has 2 aliphatic carbocycles. The zero-order valence-corrected chi connectivity index (χ0v) is 36.8. The van der Waals surface area contributed by atoms with Crippen LogP contribution in [0.4, 0.5) is 31.1 Å². The van der Waals surface area contributed by atoms with E-state index in [0.29, 0.717) is 39.5 Å². The summed E-state index contributed by atoms with van der Waals surface area (Å²) < 4.78 is 134. The average molecular weight is 935 g/mol. The molecule has 64 heavy (non-hydrogen) atoms. The fourth-order valence-corrected chi connectivity index (χ4v) is 9.25. The number of carbonyl (C=O) groups excluding carboxylic acids is 4. The van der Waals surface area contributed by atoms with E-state index in [-0.39, 0.29) is 48.8 Å².